The van der Waals surface area contributed by atoms with Crippen LogP contribution in [0.15, 0.2) is 12.3 Å². The van der Waals surface area contributed by atoms with Crippen LogP contribution in [0.4, 0.5) is 0 Å². The maximum Gasteiger partial charge on any atom is 0.321 e. The highest BCUT2D eigenvalue weighted by Crippen LogP contribution is 2.38. The second-order valence-electron chi connectivity index (χ2n) is 4.04. The third-order valence-corrected chi connectivity index (χ3v) is 3.07. The lowest BCUT2D eigenvalue weighted by atomic mass is 9.85. The van der Waals surface area contributed by atoms with E-state index in [1.165, 1.54) is 13.3 Å². The number of aliphatic carboxylic acids is 2. The summed E-state index contributed by atoms with van der Waals surface area (Å²) < 4.78 is 4.92. The Balaban J connectivity index is 2.43. The van der Waals surface area contributed by atoms with Crippen LogP contribution in [0.1, 0.15) is 11.1 Å². The van der Waals surface area contributed by atoms with Crippen LogP contribution in [0.5, 0.6) is 5.88 Å². The minimum atomic E-state index is -1.77. The maximum atomic E-state index is 11.2. The molecular weight excluding hydrogens is 226 g/mol. The Morgan fingerprint density at radius 3 is 2.41 bits per heavy atom. The first-order chi connectivity index (χ1) is 7.99. The molecule has 0 radical (unpaired) electrons. The third kappa shape index (κ3) is 1.61. The second-order valence-corrected chi connectivity index (χ2v) is 4.04. The van der Waals surface area contributed by atoms with Crippen molar-refractivity contribution in [3.63, 3.8) is 0 Å². The molecule has 0 aromatic carbocycles. The molecule has 0 spiro atoms. The van der Waals surface area contributed by atoms with Gasteiger partial charge in [0.25, 0.3) is 0 Å². The van der Waals surface area contributed by atoms with Crippen LogP contribution in [0.3, 0.4) is 0 Å². The molecule has 0 saturated heterocycles. The first-order valence-corrected chi connectivity index (χ1v) is 4.98. The van der Waals surface area contributed by atoms with Crippen LogP contribution >= 0.6 is 0 Å². The second kappa shape index (κ2) is 3.73. The van der Waals surface area contributed by atoms with Crippen molar-refractivity contribution >= 4 is 11.9 Å². The number of pyridine rings is 1. The predicted octanol–water partition coefficient (Wildman–Crippen LogP) is 0.344. The van der Waals surface area contributed by atoms with Gasteiger partial charge < -0.3 is 14.9 Å². The lowest BCUT2D eigenvalue weighted by molar-refractivity contribution is -0.163. The minimum absolute atomic E-state index is 0.0358. The Hall–Kier alpha value is -2.11. The maximum absolute atomic E-state index is 11.2. The summed E-state index contributed by atoms with van der Waals surface area (Å²) in [6.07, 6.45) is 1.40. The molecule has 0 saturated carbocycles. The Morgan fingerprint density at radius 1 is 1.29 bits per heavy atom. The summed E-state index contributed by atoms with van der Waals surface area (Å²) in [5.74, 6) is -2.28. The van der Waals surface area contributed by atoms with E-state index >= 15 is 0 Å². The molecule has 6 heteroatoms. The average molecular weight is 237 g/mol. The first-order valence-electron chi connectivity index (χ1n) is 4.98. The fraction of sp³-hybridized carbons (Fsp3) is 0.364. The van der Waals surface area contributed by atoms with Crippen LogP contribution < -0.4 is 4.74 Å². The highest BCUT2D eigenvalue weighted by molar-refractivity contribution is 5.99. The van der Waals surface area contributed by atoms with Crippen molar-refractivity contribution in [1.82, 2.24) is 4.98 Å². The zero-order valence-corrected chi connectivity index (χ0v) is 9.14. The summed E-state index contributed by atoms with van der Waals surface area (Å²) in [4.78, 5) is 26.3. The fourth-order valence-electron chi connectivity index (χ4n) is 2.05. The SMILES string of the molecule is COc1cc2c(cn1)CC(C(=O)O)(C(=O)O)C2. The van der Waals surface area contributed by atoms with E-state index in [2.05, 4.69) is 4.98 Å². The zero-order valence-electron chi connectivity index (χ0n) is 9.14. The molecule has 1 heterocycles. The van der Waals surface area contributed by atoms with Crippen molar-refractivity contribution in [2.75, 3.05) is 7.11 Å². The number of methoxy groups -OCH3 is 1. The number of carboxylic acid groups (broad SMARTS) is 2. The third-order valence-electron chi connectivity index (χ3n) is 3.07. The fourth-order valence-corrected chi connectivity index (χ4v) is 2.05. The van der Waals surface area contributed by atoms with Crippen molar-refractivity contribution in [2.45, 2.75) is 12.8 Å². The Morgan fingerprint density at radius 2 is 1.88 bits per heavy atom. The summed E-state index contributed by atoms with van der Waals surface area (Å²) in [7, 11) is 1.45. The van der Waals surface area contributed by atoms with Crippen LogP contribution in [-0.2, 0) is 22.4 Å². The number of aromatic nitrogens is 1. The van der Waals surface area contributed by atoms with Crippen molar-refractivity contribution in [3.8, 4) is 5.88 Å². The Kier molecular flexibility index (Phi) is 2.49. The highest BCUT2D eigenvalue weighted by atomic mass is 16.5. The molecule has 0 aliphatic heterocycles. The van der Waals surface area contributed by atoms with Gasteiger partial charge in [-0.25, -0.2) is 4.98 Å². The van der Waals surface area contributed by atoms with Gasteiger partial charge in [-0.15, -0.1) is 0 Å². The number of carboxylic acids is 2. The molecule has 0 amide bonds. The molecule has 2 N–H and O–H groups in total. The number of fused-ring (bicyclic) bond motifs is 1. The Bertz CT molecular complexity index is 483. The van der Waals surface area contributed by atoms with Gasteiger partial charge in [0.15, 0.2) is 5.41 Å². The number of nitrogens with zero attached hydrogens (tertiary/aromatic N) is 1. The predicted molar refractivity (Wildman–Crippen MR) is 55.9 cm³/mol. The number of rotatable bonds is 3. The quantitative estimate of drug-likeness (QED) is 0.736. The molecule has 2 rings (SSSR count). The van der Waals surface area contributed by atoms with E-state index in [4.69, 9.17) is 14.9 Å². The molecule has 1 aliphatic rings. The zero-order chi connectivity index (χ0) is 12.6. The standard InChI is InChI=1S/C11H11NO5/c1-17-8-2-6-3-11(9(13)14,10(15)16)4-7(6)5-12-8/h2,5H,3-4H2,1H3,(H,13,14)(H,15,16). The van der Waals surface area contributed by atoms with Crippen molar-refractivity contribution in [3.05, 3.63) is 23.4 Å². The molecule has 1 aliphatic carbocycles. The lowest BCUT2D eigenvalue weighted by Crippen LogP contribution is -2.40. The van der Waals surface area contributed by atoms with Gasteiger partial charge in [-0.3, -0.25) is 9.59 Å². The lowest BCUT2D eigenvalue weighted by Gasteiger charge is -2.17. The van der Waals surface area contributed by atoms with Crippen LogP contribution in [-0.4, -0.2) is 34.2 Å². The van der Waals surface area contributed by atoms with Gasteiger partial charge in [0.05, 0.1) is 7.11 Å². The average Bonchev–Trinajstić information content (AvgIpc) is 2.68. The molecular formula is C11H11NO5. The van der Waals surface area contributed by atoms with Crippen LogP contribution in [0, 0.1) is 5.41 Å². The molecule has 0 unspecified atom stereocenters. The molecule has 0 fully saturated rings. The summed E-state index contributed by atoms with van der Waals surface area (Å²) in [5.41, 5.74) is -0.451. The largest absolute Gasteiger partial charge is 0.481 e. The van der Waals surface area contributed by atoms with E-state index in [9.17, 15) is 9.59 Å². The minimum Gasteiger partial charge on any atom is -0.481 e. The van der Waals surface area contributed by atoms with Crippen LogP contribution in [0.2, 0.25) is 0 Å². The first kappa shape index (κ1) is 11.4. The number of hydrogen-bond donors (Lipinski definition) is 2. The normalized spacial score (nSPS) is 16.3. The van der Waals surface area contributed by atoms with E-state index in [-0.39, 0.29) is 12.8 Å². The van der Waals surface area contributed by atoms with Gasteiger partial charge in [0.1, 0.15) is 0 Å². The molecule has 0 bridgehead atoms. The summed E-state index contributed by atoms with van der Waals surface area (Å²) in [6, 6.07) is 1.59. The van der Waals surface area contributed by atoms with Gasteiger partial charge in [0, 0.05) is 25.1 Å². The molecule has 17 heavy (non-hydrogen) atoms. The molecule has 0 atom stereocenters. The topological polar surface area (TPSA) is 96.7 Å². The van der Waals surface area contributed by atoms with E-state index in [1.54, 1.807) is 6.07 Å². The van der Waals surface area contributed by atoms with Gasteiger partial charge in [-0.2, -0.15) is 0 Å². The number of ether oxygens (including phenoxy) is 1. The van der Waals surface area contributed by atoms with Gasteiger partial charge in [0.2, 0.25) is 5.88 Å². The van der Waals surface area contributed by atoms with Gasteiger partial charge in [-0.05, 0) is 11.1 Å². The molecule has 6 nitrogen and oxygen atoms in total. The van der Waals surface area contributed by atoms with Gasteiger partial charge in [-0.1, -0.05) is 0 Å². The summed E-state index contributed by atoms with van der Waals surface area (Å²) in [5, 5.41) is 18.2. The van der Waals surface area contributed by atoms with Gasteiger partial charge >= 0.3 is 11.9 Å². The molecule has 1 aromatic heterocycles. The number of carbonyl (C=O) groups is 2. The summed E-state index contributed by atoms with van der Waals surface area (Å²) in [6.45, 7) is 0. The Labute approximate surface area is 96.9 Å². The van der Waals surface area contributed by atoms with E-state index in [1.807, 2.05) is 0 Å². The van der Waals surface area contributed by atoms with E-state index < -0.39 is 17.4 Å². The summed E-state index contributed by atoms with van der Waals surface area (Å²) >= 11 is 0. The van der Waals surface area contributed by atoms with E-state index in [0.29, 0.717) is 17.0 Å². The highest BCUT2D eigenvalue weighted by Gasteiger charge is 2.51. The molecule has 1 aromatic rings. The van der Waals surface area contributed by atoms with Crippen molar-refractivity contribution in [2.24, 2.45) is 5.41 Å². The van der Waals surface area contributed by atoms with Crippen molar-refractivity contribution < 1.29 is 24.5 Å². The van der Waals surface area contributed by atoms with Crippen molar-refractivity contribution in [1.29, 1.82) is 0 Å². The van der Waals surface area contributed by atoms with E-state index in [0.717, 1.165) is 0 Å². The smallest absolute Gasteiger partial charge is 0.321 e. The molecule has 90 valence electrons. The monoisotopic (exact) mass is 237 g/mol. The number of hydrogen-bond acceptors (Lipinski definition) is 4. The van der Waals surface area contributed by atoms with Crippen LogP contribution in [0.25, 0.3) is 0 Å².